The Morgan fingerprint density at radius 1 is 1.31 bits per heavy atom. The number of benzene rings is 1. The molecule has 0 bridgehead atoms. The lowest BCUT2D eigenvalue weighted by Crippen LogP contribution is -2.37. The molecule has 0 spiro atoms. The lowest BCUT2D eigenvalue weighted by molar-refractivity contribution is 0.788. The maximum Gasteiger partial charge on any atom is 0.193 e. The van der Waals surface area contributed by atoms with E-state index in [2.05, 4.69) is 50.0 Å². The first-order chi connectivity index (χ1) is 12.3. The number of aliphatic imine (C=N–C) groups is 1. The number of fused-ring (bicyclic) bond motifs is 2. The number of rotatable bonds is 5. The molecule has 3 N–H and O–H groups in total. The minimum absolute atomic E-state index is 0. The summed E-state index contributed by atoms with van der Waals surface area (Å²) in [6.45, 7) is 1.47. The molecule has 6 nitrogen and oxygen atoms in total. The van der Waals surface area contributed by atoms with Crippen LogP contribution in [0.1, 0.15) is 11.3 Å². The average molecular weight is 480 g/mol. The molecule has 0 saturated carbocycles. The second-order valence-corrected chi connectivity index (χ2v) is 6.66. The van der Waals surface area contributed by atoms with Crippen LogP contribution in [0.4, 0.5) is 0 Å². The number of hydrogen-bond acceptors (Lipinski definition) is 3. The number of thiazole rings is 1. The standard InChI is InChI=1S/C18H20N6S.HI/c1-19-17(22-11-14-12-24-8-9-25-18(24)23-14)20-7-6-13-10-21-16-5-3-2-4-15(13)16;/h2-5,8-10,12,21H,6-7,11H2,1H3,(H2,19,20,22);1H. The summed E-state index contributed by atoms with van der Waals surface area (Å²) in [5.41, 5.74) is 3.50. The van der Waals surface area contributed by atoms with Gasteiger partial charge in [-0.3, -0.25) is 9.39 Å². The highest BCUT2D eigenvalue weighted by Crippen LogP contribution is 2.17. The van der Waals surface area contributed by atoms with Crippen molar-refractivity contribution in [2.75, 3.05) is 13.6 Å². The van der Waals surface area contributed by atoms with E-state index in [0.717, 1.165) is 29.6 Å². The van der Waals surface area contributed by atoms with Crippen molar-refractivity contribution in [2.45, 2.75) is 13.0 Å². The summed E-state index contributed by atoms with van der Waals surface area (Å²) < 4.78 is 2.04. The van der Waals surface area contributed by atoms with E-state index in [1.54, 1.807) is 18.4 Å². The van der Waals surface area contributed by atoms with Crippen LogP contribution in [0, 0.1) is 0 Å². The van der Waals surface area contributed by atoms with Crippen LogP contribution in [0.25, 0.3) is 15.9 Å². The van der Waals surface area contributed by atoms with E-state index >= 15 is 0 Å². The molecule has 0 amide bonds. The summed E-state index contributed by atoms with van der Waals surface area (Å²) in [5.74, 6) is 0.788. The molecule has 4 rings (SSSR count). The van der Waals surface area contributed by atoms with Crippen LogP contribution in [-0.4, -0.2) is 33.9 Å². The number of imidazole rings is 1. The number of aromatic nitrogens is 3. The highest BCUT2D eigenvalue weighted by atomic mass is 127. The molecule has 136 valence electrons. The molecule has 0 aliphatic heterocycles. The third-order valence-electron chi connectivity index (χ3n) is 4.17. The van der Waals surface area contributed by atoms with E-state index in [1.807, 2.05) is 28.2 Å². The number of aromatic amines is 1. The summed E-state index contributed by atoms with van der Waals surface area (Å²) in [5, 5.41) is 9.99. The first kappa shape index (κ1) is 18.7. The molecular weight excluding hydrogens is 459 g/mol. The van der Waals surface area contributed by atoms with Crippen molar-refractivity contribution in [1.82, 2.24) is 25.0 Å². The lowest BCUT2D eigenvalue weighted by Gasteiger charge is -2.10. The van der Waals surface area contributed by atoms with Crippen LogP contribution < -0.4 is 10.6 Å². The topological polar surface area (TPSA) is 69.5 Å². The predicted molar refractivity (Wildman–Crippen MR) is 119 cm³/mol. The molecule has 0 fully saturated rings. The van der Waals surface area contributed by atoms with Gasteiger partial charge in [0.05, 0.1) is 12.2 Å². The zero-order valence-electron chi connectivity index (χ0n) is 14.4. The fourth-order valence-corrected chi connectivity index (χ4v) is 3.63. The van der Waals surface area contributed by atoms with Crippen molar-refractivity contribution in [1.29, 1.82) is 0 Å². The highest BCUT2D eigenvalue weighted by Gasteiger charge is 2.05. The largest absolute Gasteiger partial charge is 0.361 e. The number of para-hydroxylation sites is 1. The monoisotopic (exact) mass is 480 g/mol. The fourth-order valence-electron chi connectivity index (χ4n) is 2.91. The van der Waals surface area contributed by atoms with Crippen LogP contribution >= 0.6 is 35.3 Å². The van der Waals surface area contributed by atoms with Gasteiger partial charge >= 0.3 is 0 Å². The minimum atomic E-state index is 0. The molecule has 0 radical (unpaired) electrons. The van der Waals surface area contributed by atoms with E-state index in [4.69, 9.17) is 0 Å². The molecule has 1 aromatic carbocycles. The molecule has 3 aromatic heterocycles. The molecule has 0 aliphatic rings. The Labute approximate surface area is 172 Å². The Kier molecular flexibility index (Phi) is 6.15. The smallest absolute Gasteiger partial charge is 0.193 e. The van der Waals surface area contributed by atoms with Gasteiger partial charge in [-0.15, -0.1) is 35.3 Å². The Hall–Kier alpha value is -2.07. The summed E-state index contributed by atoms with van der Waals surface area (Å²) in [6, 6.07) is 8.37. The van der Waals surface area contributed by atoms with Gasteiger partial charge in [0.15, 0.2) is 10.9 Å². The Balaban J connectivity index is 0.00000196. The van der Waals surface area contributed by atoms with Gasteiger partial charge in [-0.1, -0.05) is 18.2 Å². The third-order valence-corrected chi connectivity index (χ3v) is 4.94. The van der Waals surface area contributed by atoms with Crippen LogP contribution in [-0.2, 0) is 13.0 Å². The third kappa shape index (κ3) is 4.01. The van der Waals surface area contributed by atoms with Gasteiger partial charge in [0.1, 0.15) is 0 Å². The van der Waals surface area contributed by atoms with Gasteiger partial charge in [0.2, 0.25) is 0 Å². The number of nitrogens with one attached hydrogen (secondary N) is 3. The number of guanidine groups is 1. The van der Waals surface area contributed by atoms with Crippen molar-refractivity contribution >= 4 is 57.1 Å². The minimum Gasteiger partial charge on any atom is -0.361 e. The quantitative estimate of drug-likeness (QED) is 0.233. The first-order valence-electron chi connectivity index (χ1n) is 8.24. The molecule has 4 aromatic rings. The van der Waals surface area contributed by atoms with E-state index in [1.165, 1.54) is 16.5 Å². The molecule has 0 saturated heterocycles. The van der Waals surface area contributed by atoms with Crippen LogP contribution in [0.3, 0.4) is 0 Å². The predicted octanol–water partition coefficient (Wildman–Crippen LogP) is 3.40. The first-order valence-corrected chi connectivity index (χ1v) is 9.12. The number of H-pyrrole nitrogens is 1. The number of halogens is 1. The second-order valence-electron chi connectivity index (χ2n) is 5.79. The van der Waals surface area contributed by atoms with Gasteiger partial charge < -0.3 is 15.6 Å². The van der Waals surface area contributed by atoms with Crippen LogP contribution in [0.2, 0.25) is 0 Å². The van der Waals surface area contributed by atoms with E-state index in [0.29, 0.717) is 6.54 Å². The summed E-state index contributed by atoms with van der Waals surface area (Å²) in [7, 11) is 1.78. The van der Waals surface area contributed by atoms with Gasteiger partial charge in [-0.25, -0.2) is 4.98 Å². The van der Waals surface area contributed by atoms with Gasteiger partial charge in [0.25, 0.3) is 0 Å². The molecule has 0 atom stereocenters. The Bertz CT molecular complexity index is 986. The average Bonchev–Trinajstić information content (AvgIpc) is 3.32. The normalized spacial score (nSPS) is 11.7. The SMILES string of the molecule is CN=C(NCCc1c[nH]c2ccccc12)NCc1cn2ccsc2n1.I. The van der Waals surface area contributed by atoms with Gasteiger partial charge in [-0.05, 0) is 18.1 Å². The van der Waals surface area contributed by atoms with Crippen molar-refractivity contribution in [3.8, 4) is 0 Å². The molecule has 3 heterocycles. The van der Waals surface area contributed by atoms with E-state index < -0.39 is 0 Å². The van der Waals surface area contributed by atoms with Gasteiger partial charge in [-0.2, -0.15) is 0 Å². The Morgan fingerprint density at radius 3 is 3.04 bits per heavy atom. The Morgan fingerprint density at radius 2 is 2.19 bits per heavy atom. The van der Waals surface area contributed by atoms with Crippen LogP contribution in [0.15, 0.2) is 53.2 Å². The highest BCUT2D eigenvalue weighted by molar-refractivity contribution is 14.0. The van der Waals surface area contributed by atoms with Gasteiger partial charge in [0, 0.05) is 48.5 Å². The summed E-state index contributed by atoms with van der Waals surface area (Å²) >= 11 is 1.64. The second kappa shape index (κ2) is 8.54. The molecule has 0 aliphatic carbocycles. The van der Waals surface area contributed by atoms with Crippen molar-refractivity contribution in [3.05, 3.63) is 59.5 Å². The zero-order valence-corrected chi connectivity index (χ0v) is 17.5. The fraction of sp³-hybridized carbons (Fsp3) is 0.222. The summed E-state index contributed by atoms with van der Waals surface area (Å²) in [4.78, 5) is 13.2. The lowest BCUT2D eigenvalue weighted by atomic mass is 10.1. The van der Waals surface area contributed by atoms with Crippen LogP contribution in [0.5, 0.6) is 0 Å². The molecule has 26 heavy (non-hydrogen) atoms. The maximum atomic E-state index is 4.57. The van der Waals surface area contributed by atoms with E-state index in [-0.39, 0.29) is 24.0 Å². The summed E-state index contributed by atoms with van der Waals surface area (Å²) in [6.07, 6.45) is 7.08. The molecule has 0 unspecified atom stereocenters. The van der Waals surface area contributed by atoms with Crippen molar-refractivity contribution < 1.29 is 0 Å². The van der Waals surface area contributed by atoms with Crippen molar-refractivity contribution in [3.63, 3.8) is 0 Å². The zero-order chi connectivity index (χ0) is 17.1. The molecule has 8 heteroatoms. The van der Waals surface area contributed by atoms with E-state index in [9.17, 15) is 0 Å². The van der Waals surface area contributed by atoms with Crippen molar-refractivity contribution in [2.24, 2.45) is 4.99 Å². The number of hydrogen-bond donors (Lipinski definition) is 3. The maximum absolute atomic E-state index is 4.57. The number of nitrogens with zero attached hydrogens (tertiary/aromatic N) is 3. The molecular formula is C18H21IN6S.